The maximum Gasteiger partial charge on any atom is 0.416 e. The van der Waals surface area contributed by atoms with Gasteiger partial charge in [0.05, 0.1) is 5.56 Å². The van der Waals surface area contributed by atoms with Crippen molar-refractivity contribution in [2.75, 3.05) is 6.61 Å². The number of carboxylic acid groups (broad SMARTS) is 1. The van der Waals surface area contributed by atoms with Crippen molar-refractivity contribution in [1.82, 2.24) is 5.32 Å². The smallest absolute Gasteiger partial charge is 0.416 e. The molecule has 27 heavy (non-hydrogen) atoms. The van der Waals surface area contributed by atoms with Gasteiger partial charge in [0, 0.05) is 17.5 Å². The van der Waals surface area contributed by atoms with E-state index < -0.39 is 36.1 Å². The molecule has 0 aromatic heterocycles. The van der Waals surface area contributed by atoms with Crippen LogP contribution in [0.1, 0.15) is 33.8 Å². The number of carbonyl (C=O) groups excluding carboxylic acids is 1. The summed E-state index contributed by atoms with van der Waals surface area (Å²) < 4.78 is 44.4. The standard InChI is InChI=1S/C19H16F3NO4/c20-19(21,22)15-7-2-1-6-13(15)14-9-16(14)23-18(26)11-4-3-5-12(8-11)27-10-17(24)25/h1-8,14,16H,9-10H2,(H,23,26)(H,24,25). The lowest BCUT2D eigenvalue weighted by atomic mass is 10.0. The molecule has 0 saturated heterocycles. The number of hydrogen-bond acceptors (Lipinski definition) is 3. The second-order valence-corrected chi connectivity index (χ2v) is 6.22. The molecule has 2 atom stereocenters. The fourth-order valence-electron chi connectivity index (χ4n) is 2.90. The third kappa shape index (κ3) is 4.58. The number of nitrogens with one attached hydrogen (secondary N) is 1. The normalized spacial score (nSPS) is 18.6. The van der Waals surface area contributed by atoms with E-state index in [1.807, 2.05) is 0 Å². The summed E-state index contributed by atoms with van der Waals surface area (Å²) in [5.41, 5.74) is -0.266. The number of carbonyl (C=O) groups is 2. The summed E-state index contributed by atoms with van der Waals surface area (Å²) in [5.74, 6) is -1.76. The molecule has 142 valence electrons. The molecule has 1 saturated carbocycles. The van der Waals surface area contributed by atoms with E-state index in [0.717, 1.165) is 6.07 Å². The Balaban J connectivity index is 1.66. The molecular formula is C19H16F3NO4. The predicted molar refractivity (Wildman–Crippen MR) is 89.6 cm³/mol. The number of aliphatic carboxylic acids is 1. The maximum absolute atomic E-state index is 13.1. The van der Waals surface area contributed by atoms with E-state index in [-0.39, 0.29) is 22.9 Å². The highest BCUT2D eigenvalue weighted by molar-refractivity contribution is 5.95. The molecule has 0 bridgehead atoms. The van der Waals surface area contributed by atoms with Gasteiger partial charge in [-0.1, -0.05) is 24.3 Å². The van der Waals surface area contributed by atoms with Gasteiger partial charge in [0.1, 0.15) is 5.75 Å². The molecule has 2 unspecified atom stereocenters. The van der Waals surface area contributed by atoms with Crippen molar-refractivity contribution in [2.45, 2.75) is 24.6 Å². The molecule has 0 spiro atoms. The monoisotopic (exact) mass is 379 g/mol. The zero-order valence-electron chi connectivity index (χ0n) is 14.0. The minimum absolute atomic E-state index is 0.175. The van der Waals surface area contributed by atoms with Crippen LogP contribution in [0.4, 0.5) is 13.2 Å². The summed E-state index contributed by atoms with van der Waals surface area (Å²) in [4.78, 5) is 22.9. The van der Waals surface area contributed by atoms with Gasteiger partial charge in [-0.15, -0.1) is 0 Å². The van der Waals surface area contributed by atoms with E-state index >= 15 is 0 Å². The van der Waals surface area contributed by atoms with Gasteiger partial charge in [0.2, 0.25) is 0 Å². The predicted octanol–water partition coefficient (Wildman–Crippen LogP) is 3.45. The van der Waals surface area contributed by atoms with E-state index in [4.69, 9.17) is 9.84 Å². The van der Waals surface area contributed by atoms with Gasteiger partial charge in [0.25, 0.3) is 5.91 Å². The highest BCUT2D eigenvalue weighted by Crippen LogP contribution is 2.46. The number of carboxylic acids is 1. The van der Waals surface area contributed by atoms with Crippen molar-refractivity contribution in [1.29, 1.82) is 0 Å². The highest BCUT2D eigenvalue weighted by atomic mass is 19.4. The molecule has 0 heterocycles. The first kappa shape index (κ1) is 18.8. The van der Waals surface area contributed by atoms with Crippen molar-refractivity contribution in [3.63, 3.8) is 0 Å². The van der Waals surface area contributed by atoms with Crippen LogP contribution in [0.5, 0.6) is 5.75 Å². The van der Waals surface area contributed by atoms with Gasteiger partial charge in [-0.2, -0.15) is 13.2 Å². The van der Waals surface area contributed by atoms with Crippen LogP contribution < -0.4 is 10.1 Å². The molecule has 3 rings (SSSR count). The first-order valence-electron chi connectivity index (χ1n) is 8.17. The molecule has 1 aliphatic carbocycles. The lowest BCUT2D eigenvalue weighted by molar-refractivity contribution is -0.139. The number of halogens is 3. The molecular weight excluding hydrogens is 363 g/mol. The number of rotatable bonds is 6. The van der Waals surface area contributed by atoms with Crippen LogP contribution in [0, 0.1) is 0 Å². The Labute approximate surface area is 152 Å². The van der Waals surface area contributed by atoms with Crippen molar-refractivity contribution in [3.8, 4) is 5.75 Å². The third-order valence-corrected chi connectivity index (χ3v) is 4.23. The van der Waals surface area contributed by atoms with Crippen molar-refractivity contribution < 1.29 is 32.6 Å². The molecule has 1 amide bonds. The average Bonchev–Trinajstić information content (AvgIpc) is 3.38. The molecule has 8 heteroatoms. The lowest BCUT2D eigenvalue weighted by Crippen LogP contribution is -2.27. The fraction of sp³-hybridized carbons (Fsp3) is 0.263. The molecule has 5 nitrogen and oxygen atoms in total. The zero-order chi connectivity index (χ0) is 19.6. The van der Waals surface area contributed by atoms with Crippen LogP contribution in [0.2, 0.25) is 0 Å². The number of hydrogen-bond donors (Lipinski definition) is 2. The minimum Gasteiger partial charge on any atom is -0.482 e. The van der Waals surface area contributed by atoms with E-state index in [2.05, 4.69) is 5.32 Å². The number of benzene rings is 2. The second-order valence-electron chi connectivity index (χ2n) is 6.22. The van der Waals surface area contributed by atoms with E-state index in [1.165, 1.54) is 36.4 Å². The van der Waals surface area contributed by atoms with Crippen LogP contribution in [0.15, 0.2) is 48.5 Å². The average molecular weight is 379 g/mol. The first-order valence-corrected chi connectivity index (χ1v) is 8.17. The fourth-order valence-corrected chi connectivity index (χ4v) is 2.90. The van der Waals surface area contributed by atoms with Gasteiger partial charge in [-0.05, 0) is 36.2 Å². The first-order chi connectivity index (χ1) is 12.8. The van der Waals surface area contributed by atoms with Gasteiger partial charge in [0.15, 0.2) is 6.61 Å². The second kappa shape index (κ2) is 7.30. The van der Waals surface area contributed by atoms with Gasteiger partial charge >= 0.3 is 12.1 Å². The third-order valence-electron chi connectivity index (χ3n) is 4.23. The largest absolute Gasteiger partial charge is 0.482 e. The van der Waals surface area contributed by atoms with Gasteiger partial charge in [-0.3, -0.25) is 4.79 Å². The van der Waals surface area contributed by atoms with Crippen molar-refractivity contribution >= 4 is 11.9 Å². The number of alkyl halides is 3. The quantitative estimate of drug-likeness (QED) is 0.806. The molecule has 1 aliphatic rings. The molecule has 0 aliphatic heterocycles. The Morgan fingerprint density at radius 2 is 1.89 bits per heavy atom. The Morgan fingerprint density at radius 1 is 1.15 bits per heavy atom. The summed E-state index contributed by atoms with van der Waals surface area (Å²) in [6, 6.07) is 10.9. The molecule has 0 radical (unpaired) electrons. The van der Waals surface area contributed by atoms with E-state index in [0.29, 0.717) is 6.42 Å². The SMILES string of the molecule is O=C(O)COc1cccc(C(=O)NC2CC2c2ccccc2C(F)(F)F)c1. The summed E-state index contributed by atoms with van der Waals surface area (Å²) >= 11 is 0. The zero-order valence-corrected chi connectivity index (χ0v) is 14.0. The lowest BCUT2D eigenvalue weighted by Gasteiger charge is -2.13. The molecule has 2 aromatic rings. The van der Waals surface area contributed by atoms with Crippen LogP contribution in [0.3, 0.4) is 0 Å². The Bertz CT molecular complexity index is 866. The van der Waals surface area contributed by atoms with Crippen LogP contribution >= 0.6 is 0 Å². The van der Waals surface area contributed by atoms with Crippen LogP contribution in [0.25, 0.3) is 0 Å². The Kier molecular flexibility index (Phi) is 5.07. The summed E-state index contributed by atoms with van der Waals surface area (Å²) in [6.45, 7) is -0.538. The summed E-state index contributed by atoms with van der Waals surface area (Å²) in [5, 5.41) is 11.3. The molecule has 2 N–H and O–H groups in total. The van der Waals surface area contributed by atoms with Crippen molar-refractivity contribution in [3.05, 3.63) is 65.2 Å². The minimum atomic E-state index is -4.44. The van der Waals surface area contributed by atoms with Crippen LogP contribution in [-0.2, 0) is 11.0 Å². The summed E-state index contributed by atoms with van der Waals surface area (Å²) in [7, 11) is 0. The van der Waals surface area contributed by atoms with E-state index in [9.17, 15) is 22.8 Å². The van der Waals surface area contributed by atoms with Gasteiger partial charge in [-0.25, -0.2) is 4.79 Å². The highest BCUT2D eigenvalue weighted by Gasteiger charge is 2.44. The van der Waals surface area contributed by atoms with Crippen molar-refractivity contribution in [2.24, 2.45) is 0 Å². The van der Waals surface area contributed by atoms with Crippen LogP contribution in [-0.4, -0.2) is 29.6 Å². The molecule has 2 aromatic carbocycles. The van der Waals surface area contributed by atoms with Gasteiger partial charge < -0.3 is 15.2 Å². The number of amides is 1. The Hall–Kier alpha value is -3.03. The topological polar surface area (TPSA) is 75.6 Å². The summed E-state index contributed by atoms with van der Waals surface area (Å²) in [6.07, 6.45) is -4.02. The Morgan fingerprint density at radius 3 is 2.59 bits per heavy atom. The number of ether oxygens (including phenoxy) is 1. The maximum atomic E-state index is 13.1. The van der Waals surface area contributed by atoms with E-state index in [1.54, 1.807) is 6.07 Å². The molecule has 1 fully saturated rings.